The second-order valence-corrected chi connectivity index (χ2v) is 6.39. The van der Waals surface area contributed by atoms with Gasteiger partial charge in [0.1, 0.15) is 12.6 Å². The van der Waals surface area contributed by atoms with Gasteiger partial charge in [-0.25, -0.2) is 4.79 Å². The van der Waals surface area contributed by atoms with Crippen molar-refractivity contribution in [1.82, 2.24) is 5.32 Å². The molecule has 0 spiro atoms. The summed E-state index contributed by atoms with van der Waals surface area (Å²) >= 11 is 0. The van der Waals surface area contributed by atoms with E-state index in [2.05, 4.69) is 5.32 Å². The number of amides is 1. The van der Waals surface area contributed by atoms with Gasteiger partial charge in [0.05, 0.1) is 5.56 Å². The van der Waals surface area contributed by atoms with Crippen LogP contribution in [-0.4, -0.2) is 11.9 Å². The third-order valence-electron chi connectivity index (χ3n) is 4.30. The Labute approximate surface area is 164 Å². The normalized spacial score (nSPS) is 11.6. The predicted octanol–water partition coefficient (Wildman–Crippen LogP) is 3.36. The lowest BCUT2D eigenvalue weighted by Gasteiger charge is -2.16. The summed E-state index contributed by atoms with van der Waals surface area (Å²) in [7, 11) is 0. The SMILES string of the molecule is NC(=O)C(NCc1cccc(C(=O)OCc2ccccc2)c1)c1ccccc1. The highest BCUT2D eigenvalue weighted by atomic mass is 16.5. The number of nitrogens with one attached hydrogen (secondary N) is 1. The van der Waals surface area contributed by atoms with Crippen molar-refractivity contribution in [3.8, 4) is 0 Å². The summed E-state index contributed by atoms with van der Waals surface area (Å²) in [5.41, 5.74) is 8.58. The summed E-state index contributed by atoms with van der Waals surface area (Å²) in [6.45, 7) is 0.613. The number of esters is 1. The quantitative estimate of drug-likeness (QED) is 0.593. The third-order valence-corrected chi connectivity index (χ3v) is 4.30. The first-order valence-electron chi connectivity index (χ1n) is 9.01. The predicted molar refractivity (Wildman–Crippen MR) is 107 cm³/mol. The largest absolute Gasteiger partial charge is 0.457 e. The minimum Gasteiger partial charge on any atom is -0.457 e. The Morgan fingerprint density at radius 2 is 1.50 bits per heavy atom. The Bertz CT molecular complexity index is 927. The fourth-order valence-electron chi connectivity index (χ4n) is 2.86. The number of nitrogens with two attached hydrogens (primary N) is 1. The zero-order chi connectivity index (χ0) is 19.8. The lowest BCUT2D eigenvalue weighted by atomic mass is 10.1. The van der Waals surface area contributed by atoms with Crippen molar-refractivity contribution >= 4 is 11.9 Å². The molecular weight excluding hydrogens is 352 g/mol. The number of benzene rings is 3. The van der Waals surface area contributed by atoms with Gasteiger partial charge in [-0.2, -0.15) is 0 Å². The zero-order valence-corrected chi connectivity index (χ0v) is 15.4. The second-order valence-electron chi connectivity index (χ2n) is 6.39. The van der Waals surface area contributed by atoms with Crippen LogP contribution in [0.3, 0.4) is 0 Å². The molecule has 0 radical (unpaired) electrons. The molecule has 1 amide bonds. The monoisotopic (exact) mass is 374 g/mol. The lowest BCUT2D eigenvalue weighted by molar-refractivity contribution is -0.120. The van der Waals surface area contributed by atoms with E-state index in [-0.39, 0.29) is 12.6 Å². The minimum atomic E-state index is -0.602. The summed E-state index contributed by atoms with van der Waals surface area (Å²) in [6.07, 6.45) is 0. The summed E-state index contributed by atoms with van der Waals surface area (Å²) in [5.74, 6) is -0.843. The fourth-order valence-corrected chi connectivity index (χ4v) is 2.86. The third kappa shape index (κ3) is 5.28. The molecule has 0 aliphatic rings. The molecule has 1 unspecified atom stereocenters. The molecule has 3 aromatic carbocycles. The van der Waals surface area contributed by atoms with Crippen LogP contribution in [-0.2, 0) is 22.7 Å². The van der Waals surface area contributed by atoms with Crippen molar-refractivity contribution in [3.63, 3.8) is 0 Å². The van der Waals surface area contributed by atoms with Gasteiger partial charge < -0.3 is 10.5 Å². The van der Waals surface area contributed by atoms with Crippen LogP contribution in [0.25, 0.3) is 0 Å². The van der Waals surface area contributed by atoms with Crippen molar-refractivity contribution in [2.75, 3.05) is 0 Å². The van der Waals surface area contributed by atoms with Crippen molar-refractivity contribution < 1.29 is 14.3 Å². The molecule has 5 heteroatoms. The van der Waals surface area contributed by atoms with E-state index in [1.54, 1.807) is 18.2 Å². The fraction of sp³-hybridized carbons (Fsp3) is 0.130. The molecule has 0 bridgehead atoms. The molecule has 28 heavy (non-hydrogen) atoms. The van der Waals surface area contributed by atoms with Crippen LogP contribution < -0.4 is 11.1 Å². The highest BCUT2D eigenvalue weighted by molar-refractivity contribution is 5.89. The van der Waals surface area contributed by atoms with E-state index in [0.29, 0.717) is 12.1 Å². The Morgan fingerprint density at radius 3 is 2.18 bits per heavy atom. The number of primary amides is 1. The first kappa shape index (κ1) is 19.3. The molecule has 0 aliphatic carbocycles. The Hall–Kier alpha value is -3.44. The van der Waals surface area contributed by atoms with Crippen LogP contribution in [0, 0.1) is 0 Å². The van der Waals surface area contributed by atoms with Crippen LogP contribution in [0.5, 0.6) is 0 Å². The van der Waals surface area contributed by atoms with Gasteiger partial charge in [0.15, 0.2) is 0 Å². The molecule has 0 aliphatic heterocycles. The average Bonchev–Trinajstić information content (AvgIpc) is 2.73. The van der Waals surface area contributed by atoms with E-state index in [0.717, 1.165) is 16.7 Å². The molecule has 142 valence electrons. The molecule has 0 aromatic heterocycles. The van der Waals surface area contributed by atoms with Gasteiger partial charge in [0.25, 0.3) is 0 Å². The van der Waals surface area contributed by atoms with E-state index in [4.69, 9.17) is 10.5 Å². The summed E-state index contributed by atoms with van der Waals surface area (Å²) < 4.78 is 5.37. The molecule has 0 saturated carbocycles. The van der Waals surface area contributed by atoms with Gasteiger partial charge >= 0.3 is 5.97 Å². The van der Waals surface area contributed by atoms with Crippen molar-refractivity contribution in [2.24, 2.45) is 5.73 Å². The van der Waals surface area contributed by atoms with Crippen LogP contribution in [0.4, 0.5) is 0 Å². The van der Waals surface area contributed by atoms with E-state index in [1.807, 2.05) is 66.7 Å². The molecule has 3 N–H and O–H groups in total. The Morgan fingerprint density at radius 1 is 0.857 bits per heavy atom. The molecule has 5 nitrogen and oxygen atoms in total. The Balaban J connectivity index is 1.62. The molecule has 0 heterocycles. The number of carbonyl (C=O) groups is 2. The summed E-state index contributed by atoms with van der Waals surface area (Å²) in [4.78, 5) is 24.1. The summed E-state index contributed by atoms with van der Waals surface area (Å²) in [5, 5.41) is 3.15. The van der Waals surface area contributed by atoms with Gasteiger partial charge in [-0.05, 0) is 28.8 Å². The first-order chi connectivity index (χ1) is 13.6. The van der Waals surface area contributed by atoms with Gasteiger partial charge in [-0.15, -0.1) is 0 Å². The first-order valence-corrected chi connectivity index (χ1v) is 9.01. The van der Waals surface area contributed by atoms with Crippen LogP contribution in [0.1, 0.15) is 33.1 Å². The smallest absolute Gasteiger partial charge is 0.338 e. The molecule has 3 aromatic rings. The van der Waals surface area contributed by atoms with E-state index >= 15 is 0 Å². The van der Waals surface area contributed by atoms with Gasteiger partial charge in [0.2, 0.25) is 5.91 Å². The zero-order valence-electron chi connectivity index (χ0n) is 15.4. The highest BCUT2D eigenvalue weighted by Gasteiger charge is 2.17. The average molecular weight is 374 g/mol. The van der Waals surface area contributed by atoms with E-state index < -0.39 is 11.9 Å². The molecule has 0 saturated heterocycles. The number of hydrogen-bond donors (Lipinski definition) is 2. The van der Waals surface area contributed by atoms with E-state index in [1.165, 1.54) is 0 Å². The number of carbonyl (C=O) groups excluding carboxylic acids is 2. The Kier molecular flexibility index (Phi) is 6.54. The maximum absolute atomic E-state index is 12.3. The number of hydrogen-bond acceptors (Lipinski definition) is 4. The van der Waals surface area contributed by atoms with Gasteiger partial charge in [-0.3, -0.25) is 10.1 Å². The highest BCUT2D eigenvalue weighted by Crippen LogP contribution is 2.14. The van der Waals surface area contributed by atoms with Crippen LogP contribution >= 0.6 is 0 Å². The van der Waals surface area contributed by atoms with Crippen LogP contribution in [0.2, 0.25) is 0 Å². The molecule has 1 atom stereocenters. The molecule has 3 rings (SSSR count). The lowest BCUT2D eigenvalue weighted by Crippen LogP contribution is -2.33. The maximum Gasteiger partial charge on any atom is 0.338 e. The molecule has 0 fully saturated rings. The number of ether oxygens (including phenoxy) is 1. The van der Waals surface area contributed by atoms with Crippen molar-refractivity contribution in [3.05, 3.63) is 107 Å². The van der Waals surface area contributed by atoms with Crippen LogP contribution in [0.15, 0.2) is 84.9 Å². The second kappa shape index (κ2) is 9.48. The van der Waals surface area contributed by atoms with Crippen molar-refractivity contribution in [2.45, 2.75) is 19.2 Å². The topological polar surface area (TPSA) is 81.4 Å². The molecular formula is C23H22N2O3. The standard InChI is InChI=1S/C23H22N2O3/c24-22(26)21(19-11-5-2-6-12-19)25-15-18-10-7-13-20(14-18)23(27)28-16-17-8-3-1-4-9-17/h1-14,21,25H,15-16H2,(H2,24,26). The minimum absolute atomic E-state index is 0.222. The van der Waals surface area contributed by atoms with Gasteiger partial charge in [0, 0.05) is 6.54 Å². The van der Waals surface area contributed by atoms with Gasteiger partial charge in [-0.1, -0.05) is 72.8 Å². The van der Waals surface area contributed by atoms with E-state index in [9.17, 15) is 9.59 Å². The maximum atomic E-state index is 12.3. The summed E-state index contributed by atoms with van der Waals surface area (Å²) in [6, 6.07) is 25.3. The number of rotatable bonds is 8. The van der Waals surface area contributed by atoms with Crippen molar-refractivity contribution in [1.29, 1.82) is 0 Å².